The molecule has 0 spiro atoms. The predicted molar refractivity (Wildman–Crippen MR) is 101 cm³/mol. The number of piperidine rings is 1. The lowest BCUT2D eigenvalue weighted by Gasteiger charge is -2.36. The van der Waals surface area contributed by atoms with Crippen molar-refractivity contribution in [3.8, 4) is 0 Å². The zero-order valence-corrected chi connectivity index (χ0v) is 15.3. The summed E-state index contributed by atoms with van der Waals surface area (Å²) in [4.78, 5) is 37.5. The number of aryl methyl sites for hydroxylation is 1. The van der Waals surface area contributed by atoms with Crippen molar-refractivity contribution in [2.45, 2.75) is 25.8 Å². The van der Waals surface area contributed by atoms with Crippen LogP contribution in [-0.2, 0) is 0 Å². The van der Waals surface area contributed by atoms with Crippen molar-refractivity contribution in [3.05, 3.63) is 54.1 Å². The lowest BCUT2D eigenvalue weighted by molar-refractivity contribution is 0.0736. The Morgan fingerprint density at radius 3 is 2.81 bits per heavy atom. The third kappa shape index (κ3) is 3.77. The molecule has 0 saturated carbocycles. The van der Waals surface area contributed by atoms with E-state index < -0.39 is 0 Å². The second kappa shape index (κ2) is 7.34. The van der Waals surface area contributed by atoms with Gasteiger partial charge in [0.25, 0.3) is 5.91 Å². The monoisotopic (exact) mass is 365 g/mol. The Morgan fingerprint density at radius 1 is 1.15 bits per heavy atom. The zero-order valence-electron chi connectivity index (χ0n) is 15.3. The van der Waals surface area contributed by atoms with Crippen LogP contribution in [0.4, 0.5) is 10.5 Å². The van der Waals surface area contributed by atoms with Crippen LogP contribution in [0.3, 0.4) is 0 Å². The van der Waals surface area contributed by atoms with Gasteiger partial charge in [0.1, 0.15) is 5.69 Å². The summed E-state index contributed by atoms with van der Waals surface area (Å²) in [5, 5.41) is 3.00. The molecule has 1 aromatic heterocycles. The molecule has 3 aliphatic heterocycles. The highest BCUT2D eigenvalue weighted by Crippen LogP contribution is 2.29. The van der Waals surface area contributed by atoms with E-state index in [1.807, 2.05) is 41.0 Å². The van der Waals surface area contributed by atoms with Gasteiger partial charge in [0.15, 0.2) is 0 Å². The lowest BCUT2D eigenvalue weighted by atomic mass is 9.95. The number of anilines is 1. The average molecular weight is 365 g/mol. The number of nitrogens with zero attached hydrogens (tertiary/aromatic N) is 4. The normalized spacial score (nSPS) is 21.7. The van der Waals surface area contributed by atoms with Crippen molar-refractivity contribution in [2.75, 3.05) is 25.0 Å². The van der Waals surface area contributed by atoms with Crippen LogP contribution in [0.15, 0.2) is 42.9 Å². The van der Waals surface area contributed by atoms with E-state index in [0.717, 1.165) is 24.1 Å². The minimum atomic E-state index is -0.110. The molecule has 3 saturated heterocycles. The Kier molecular flexibility index (Phi) is 4.75. The molecular formula is C20H23N5O2. The fraction of sp³-hybridized carbons (Fsp3) is 0.400. The van der Waals surface area contributed by atoms with Crippen molar-refractivity contribution in [1.29, 1.82) is 0 Å². The van der Waals surface area contributed by atoms with E-state index in [0.29, 0.717) is 25.3 Å². The van der Waals surface area contributed by atoms with Crippen molar-refractivity contribution in [2.24, 2.45) is 5.92 Å². The summed E-state index contributed by atoms with van der Waals surface area (Å²) in [7, 11) is 0. The molecule has 2 aromatic rings. The van der Waals surface area contributed by atoms with Gasteiger partial charge in [-0.1, -0.05) is 12.1 Å². The summed E-state index contributed by atoms with van der Waals surface area (Å²) >= 11 is 0. The van der Waals surface area contributed by atoms with Gasteiger partial charge in [-0.2, -0.15) is 0 Å². The van der Waals surface area contributed by atoms with Crippen molar-refractivity contribution >= 4 is 17.6 Å². The number of carbonyl (C=O) groups is 2. The largest absolute Gasteiger partial charge is 0.335 e. The number of urea groups is 1. The number of nitrogens with one attached hydrogen (secondary N) is 1. The van der Waals surface area contributed by atoms with Crippen LogP contribution in [0, 0.1) is 12.8 Å². The van der Waals surface area contributed by atoms with Gasteiger partial charge >= 0.3 is 6.03 Å². The molecule has 140 valence electrons. The molecule has 27 heavy (non-hydrogen) atoms. The topological polar surface area (TPSA) is 78.4 Å². The molecule has 3 fully saturated rings. The van der Waals surface area contributed by atoms with Crippen molar-refractivity contribution in [3.63, 3.8) is 0 Å². The summed E-state index contributed by atoms with van der Waals surface area (Å²) in [6.45, 7) is 3.86. The molecule has 3 amide bonds. The quantitative estimate of drug-likeness (QED) is 0.887. The number of hydrogen-bond acceptors (Lipinski definition) is 4. The van der Waals surface area contributed by atoms with Crippen LogP contribution in [0.5, 0.6) is 0 Å². The van der Waals surface area contributed by atoms with Crippen LogP contribution >= 0.6 is 0 Å². The lowest BCUT2D eigenvalue weighted by Crippen LogP contribution is -2.49. The molecule has 3 aliphatic rings. The van der Waals surface area contributed by atoms with Crippen molar-refractivity contribution < 1.29 is 9.59 Å². The highest BCUT2D eigenvalue weighted by molar-refractivity contribution is 5.92. The maximum Gasteiger partial charge on any atom is 0.322 e. The Hall–Kier alpha value is -2.96. The van der Waals surface area contributed by atoms with Crippen LogP contribution in [0.25, 0.3) is 0 Å². The highest BCUT2D eigenvalue weighted by Gasteiger charge is 2.39. The van der Waals surface area contributed by atoms with E-state index in [-0.39, 0.29) is 23.9 Å². The van der Waals surface area contributed by atoms with Crippen LogP contribution < -0.4 is 5.32 Å². The SMILES string of the molecule is Cc1cccc(NC(=O)N2C[C@H]3CC[C@@H]2CN(C(=O)c2cnccn2)C3)c1. The van der Waals surface area contributed by atoms with E-state index in [9.17, 15) is 9.59 Å². The predicted octanol–water partition coefficient (Wildman–Crippen LogP) is 2.55. The fourth-order valence-corrected chi connectivity index (χ4v) is 3.99. The average Bonchev–Trinajstić information content (AvgIpc) is 3.00. The Labute approximate surface area is 158 Å². The second-order valence-corrected chi connectivity index (χ2v) is 7.35. The number of benzene rings is 1. The molecule has 2 bridgehead atoms. The Morgan fingerprint density at radius 2 is 2.04 bits per heavy atom. The van der Waals surface area contributed by atoms with E-state index in [1.54, 1.807) is 6.20 Å². The Balaban J connectivity index is 1.48. The first kappa shape index (κ1) is 17.5. The van der Waals surface area contributed by atoms with Gasteiger partial charge in [-0.3, -0.25) is 9.78 Å². The van der Waals surface area contributed by atoms with Gasteiger partial charge in [-0.25, -0.2) is 9.78 Å². The number of hydrogen-bond donors (Lipinski definition) is 1. The molecule has 5 rings (SSSR count). The van der Waals surface area contributed by atoms with Gasteiger partial charge in [0.05, 0.1) is 12.2 Å². The van der Waals surface area contributed by atoms with Crippen LogP contribution in [0.2, 0.25) is 0 Å². The van der Waals surface area contributed by atoms with Crippen LogP contribution in [0.1, 0.15) is 28.9 Å². The number of rotatable bonds is 2. The van der Waals surface area contributed by atoms with Crippen molar-refractivity contribution in [1.82, 2.24) is 19.8 Å². The maximum absolute atomic E-state index is 12.9. The maximum atomic E-state index is 12.9. The molecule has 4 heterocycles. The number of amides is 3. The second-order valence-electron chi connectivity index (χ2n) is 7.35. The van der Waals surface area contributed by atoms with E-state index in [2.05, 4.69) is 15.3 Å². The molecular weight excluding hydrogens is 342 g/mol. The molecule has 0 radical (unpaired) electrons. The summed E-state index contributed by atoms with van der Waals surface area (Å²) in [6, 6.07) is 7.71. The molecule has 0 aliphatic carbocycles. The highest BCUT2D eigenvalue weighted by atomic mass is 16.2. The first-order valence-electron chi connectivity index (χ1n) is 9.30. The van der Waals surface area contributed by atoms with E-state index in [1.165, 1.54) is 12.4 Å². The van der Waals surface area contributed by atoms with Gasteiger partial charge in [-0.15, -0.1) is 0 Å². The molecule has 7 heteroatoms. The first-order valence-corrected chi connectivity index (χ1v) is 9.30. The molecule has 1 aromatic carbocycles. The molecule has 1 N–H and O–H groups in total. The van der Waals surface area contributed by atoms with Gasteiger partial charge in [-0.05, 0) is 43.4 Å². The van der Waals surface area contributed by atoms with Gasteiger partial charge < -0.3 is 15.1 Å². The molecule has 7 nitrogen and oxygen atoms in total. The fourth-order valence-electron chi connectivity index (χ4n) is 3.99. The summed E-state index contributed by atoms with van der Waals surface area (Å²) in [5.41, 5.74) is 2.26. The Bertz CT molecular complexity index is 841. The third-order valence-corrected chi connectivity index (χ3v) is 5.31. The molecule has 0 unspecified atom stereocenters. The van der Waals surface area contributed by atoms with E-state index >= 15 is 0 Å². The minimum Gasteiger partial charge on any atom is -0.335 e. The van der Waals surface area contributed by atoms with Gasteiger partial charge in [0.2, 0.25) is 0 Å². The standard InChI is InChI=1S/C20H23N5O2/c1-14-3-2-4-16(9-14)23-20(27)25-12-15-5-6-17(25)13-24(11-15)19(26)18-10-21-7-8-22-18/h2-4,7-10,15,17H,5-6,11-13H2,1H3,(H,23,27)/t15-,17+/m0/s1. The number of aromatic nitrogens is 2. The minimum absolute atomic E-state index is 0.0224. The number of fused-ring (bicyclic) bond motifs is 4. The summed E-state index contributed by atoms with van der Waals surface area (Å²) in [6.07, 6.45) is 6.53. The smallest absolute Gasteiger partial charge is 0.322 e. The first-order chi connectivity index (χ1) is 13.1. The number of carbonyl (C=O) groups excluding carboxylic acids is 2. The summed E-state index contributed by atoms with van der Waals surface area (Å²) < 4.78 is 0. The van der Waals surface area contributed by atoms with Crippen LogP contribution in [-0.4, -0.2) is 57.4 Å². The molecule has 2 atom stereocenters. The summed E-state index contributed by atoms with van der Waals surface area (Å²) in [5.74, 6) is 0.175. The third-order valence-electron chi connectivity index (χ3n) is 5.31. The van der Waals surface area contributed by atoms with E-state index in [4.69, 9.17) is 0 Å². The zero-order chi connectivity index (χ0) is 18.8. The van der Waals surface area contributed by atoms with Gasteiger partial charge in [0, 0.05) is 37.7 Å².